The van der Waals surface area contributed by atoms with Gasteiger partial charge in [0.2, 0.25) is 15.9 Å². The molecule has 144 valence electrons. The van der Waals surface area contributed by atoms with E-state index in [1.165, 1.54) is 6.07 Å². The molecule has 0 fully saturated rings. The van der Waals surface area contributed by atoms with Crippen molar-refractivity contribution in [3.63, 3.8) is 0 Å². The lowest BCUT2D eigenvalue weighted by Crippen LogP contribution is -2.39. The molecule has 2 N–H and O–H groups in total. The molecule has 0 saturated carbocycles. The summed E-state index contributed by atoms with van der Waals surface area (Å²) < 4.78 is 102. The van der Waals surface area contributed by atoms with Crippen LogP contribution in [0.5, 0.6) is 0 Å². The first-order chi connectivity index (χ1) is 11.7. The van der Waals surface area contributed by atoms with Crippen molar-refractivity contribution in [2.45, 2.75) is 18.1 Å². The number of alkyl halides is 6. The normalized spacial score (nSPS) is 12.8. The minimum absolute atomic E-state index is 0.201. The van der Waals surface area contributed by atoms with Crippen molar-refractivity contribution in [1.82, 2.24) is 4.31 Å². The number of carbonyl (C=O) groups is 1. The lowest BCUT2D eigenvalue weighted by molar-refractivity contribution is -0.143. The van der Waals surface area contributed by atoms with E-state index in [-0.39, 0.29) is 10.4 Å². The number of nitriles is 1. The highest BCUT2D eigenvalue weighted by molar-refractivity contribution is 7.88. The third-order valence-corrected chi connectivity index (χ3v) is 4.77. The molecule has 0 aliphatic carbocycles. The number of primary amides is 1. The van der Waals surface area contributed by atoms with E-state index in [2.05, 4.69) is 0 Å². The summed E-state index contributed by atoms with van der Waals surface area (Å²) in [5.74, 6) is -2.53. The summed E-state index contributed by atoms with van der Waals surface area (Å²) in [6.07, 6.45) is -10.3. The fraction of sp³-hybridized carbons (Fsp3) is 0.385. The monoisotopic (exact) mass is 403 g/mol. The van der Waals surface area contributed by atoms with Gasteiger partial charge in [-0.25, -0.2) is 8.42 Å². The largest absolute Gasteiger partial charge is 0.416 e. The van der Waals surface area contributed by atoms with Gasteiger partial charge in [-0.05, 0) is 17.7 Å². The van der Waals surface area contributed by atoms with Gasteiger partial charge in [-0.2, -0.15) is 35.9 Å². The van der Waals surface area contributed by atoms with Crippen molar-refractivity contribution in [2.24, 2.45) is 5.73 Å². The summed E-state index contributed by atoms with van der Waals surface area (Å²) in [7, 11) is -4.63. The van der Waals surface area contributed by atoms with Crippen LogP contribution < -0.4 is 5.73 Å². The lowest BCUT2D eigenvalue weighted by Gasteiger charge is -2.20. The molecule has 0 radical (unpaired) electrons. The first kappa shape index (κ1) is 21.7. The Balaban J connectivity index is 3.38. The van der Waals surface area contributed by atoms with Crippen LogP contribution in [-0.2, 0) is 32.9 Å². The van der Waals surface area contributed by atoms with Gasteiger partial charge < -0.3 is 5.73 Å². The number of rotatable bonds is 6. The number of amides is 1. The Hall–Kier alpha value is -2.33. The maximum Gasteiger partial charge on any atom is 0.416 e. The summed E-state index contributed by atoms with van der Waals surface area (Å²) in [6.45, 7) is -1.83. The minimum Gasteiger partial charge on any atom is -0.369 e. The number of benzene rings is 1. The van der Waals surface area contributed by atoms with Gasteiger partial charge in [-0.15, -0.1) is 0 Å². The van der Waals surface area contributed by atoms with E-state index >= 15 is 0 Å². The zero-order valence-electron chi connectivity index (χ0n) is 12.7. The van der Waals surface area contributed by atoms with Gasteiger partial charge in [0.25, 0.3) is 0 Å². The highest BCUT2D eigenvalue weighted by Crippen LogP contribution is 2.38. The van der Waals surface area contributed by atoms with Crippen LogP contribution in [0, 0.1) is 11.3 Å². The van der Waals surface area contributed by atoms with Crippen LogP contribution >= 0.6 is 0 Å². The molecule has 0 bridgehead atoms. The molecule has 0 aliphatic rings. The lowest BCUT2D eigenvalue weighted by atomic mass is 10.0. The van der Waals surface area contributed by atoms with Crippen LogP contribution in [0.25, 0.3) is 0 Å². The number of nitrogens with two attached hydrogens (primary N) is 1. The van der Waals surface area contributed by atoms with Gasteiger partial charge in [0.1, 0.15) is 6.54 Å². The fourth-order valence-electron chi connectivity index (χ4n) is 1.94. The van der Waals surface area contributed by atoms with Crippen LogP contribution in [0.15, 0.2) is 18.2 Å². The number of hydrogen-bond donors (Lipinski definition) is 1. The Bertz CT molecular complexity index is 827. The van der Waals surface area contributed by atoms with E-state index in [9.17, 15) is 39.6 Å². The Morgan fingerprint density at radius 1 is 1.15 bits per heavy atom. The summed E-state index contributed by atoms with van der Waals surface area (Å²) in [5, 5.41) is 8.58. The first-order valence-corrected chi connectivity index (χ1v) is 8.20. The average molecular weight is 403 g/mol. The molecule has 0 spiro atoms. The topological polar surface area (TPSA) is 104 Å². The maximum absolute atomic E-state index is 13.0. The molecule has 0 atom stereocenters. The number of carbonyl (C=O) groups excluding carboxylic acids is 1. The van der Waals surface area contributed by atoms with Crippen molar-refractivity contribution in [3.05, 3.63) is 34.9 Å². The summed E-state index contributed by atoms with van der Waals surface area (Å²) >= 11 is 0. The second-order valence-corrected chi connectivity index (χ2v) is 6.99. The van der Waals surface area contributed by atoms with Crippen LogP contribution in [0.3, 0.4) is 0 Å². The van der Waals surface area contributed by atoms with Gasteiger partial charge in [0, 0.05) is 0 Å². The Kier molecular flexibility index (Phi) is 6.26. The SMILES string of the molecule is N#CCN(CC(N)=O)S(=O)(=O)Cc1ccc(C(F)(F)F)cc1C(F)(F)F. The van der Waals surface area contributed by atoms with Crippen molar-refractivity contribution in [3.8, 4) is 6.07 Å². The molecule has 0 saturated heterocycles. The fourth-order valence-corrected chi connectivity index (χ4v) is 3.34. The Morgan fingerprint density at radius 3 is 2.15 bits per heavy atom. The maximum atomic E-state index is 13.0. The van der Waals surface area contributed by atoms with Crippen LogP contribution in [-0.4, -0.2) is 31.7 Å². The Labute approximate surface area is 143 Å². The summed E-state index contributed by atoms with van der Waals surface area (Å²) in [4.78, 5) is 10.9. The molecular formula is C13H11F6N3O3S. The predicted octanol–water partition coefficient (Wildman–Crippen LogP) is 1.86. The molecular weight excluding hydrogens is 392 g/mol. The molecule has 1 rings (SSSR count). The molecule has 6 nitrogen and oxygen atoms in total. The molecule has 26 heavy (non-hydrogen) atoms. The van der Waals surface area contributed by atoms with E-state index < -0.39 is 63.8 Å². The van der Waals surface area contributed by atoms with Crippen LogP contribution in [0.4, 0.5) is 26.3 Å². The van der Waals surface area contributed by atoms with Gasteiger partial charge in [0.05, 0.1) is 29.5 Å². The van der Waals surface area contributed by atoms with Crippen molar-refractivity contribution in [1.29, 1.82) is 5.26 Å². The van der Waals surface area contributed by atoms with Gasteiger partial charge in [-0.1, -0.05) is 6.07 Å². The zero-order chi connectivity index (χ0) is 20.3. The molecule has 0 unspecified atom stereocenters. The van der Waals surface area contributed by atoms with E-state index in [4.69, 9.17) is 11.0 Å². The summed E-state index contributed by atoms with van der Waals surface area (Å²) in [6, 6.07) is 1.90. The number of halogens is 6. The number of nitrogens with zero attached hydrogens (tertiary/aromatic N) is 2. The first-order valence-electron chi connectivity index (χ1n) is 6.59. The minimum atomic E-state index is -5.25. The predicted molar refractivity (Wildman–Crippen MR) is 75.5 cm³/mol. The number of sulfonamides is 1. The van der Waals surface area contributed by atoms with Crippen molar-refractivity contribution in [2.75, 3.05) is 13.1 Å². The second kappa shape index (κ2) is 7.50. The molecule has 0 heterocycles. The van der Waals surface area contributed by atoms with Crippen LogP contribution in [0.1, 0.15) is 16.7 Å². The summed E-state index contributed by atoms with van der Waals surface area (Å²) in [5.41, 5.74) is 0.476. The highest BCUT2D eigenvalue weighted by Gasteiger charge is 2.39. The highest BCUT2D eigenvalue weighted by atomic mass is 32.2. The second-order valence-electron chi connectivity index (χ2n) is 5.02. The van der Waals surface area contributed by atoms with Crippen molar-refractivity contribution >= 4 is 15.9 Å². The Morgan fingerprint density at radius 2 is 1.73 bits per heavy atom. The molecule has 1 aromatic rings. The average Bonchev–Trinajstić information content (AvgIpc) is 2.44. The standard InChI is InChI=1S/C13H11F6N3O3S/c14-12(15,16)9-2-1-8(10(5-9)13(17,18)19)7-26(24,25)22(4-3-20)6-11(21)23/h1-2,5H,4,6-7H2,(H2,21,23). The third kappa shape index (κ3) is 5.60. The zero-order valence-corrected chi connectivity index (χ0v) is 13.5. The van der Waals surface area contributed by atoms with Gasteiger partial charge in [-0.3, -0.25) is 4.79 Å². The molecule has 1 amide bonds. The van der Waals surface area contributed by atoms with E-state index in [0.717, 1.165) is 0 Å². The van der Waals surface area contributed by atoms with Crippen molar-refractivity contribution < 1.29 is 39.6 Å². The van der Waals surface area contributed by atoms with Gasteiger partial charge in [0.15, 0.2) is 0 Å². The molecule has 0 aromatic heterocycles. The third-order valence-electron chi connectivity index (χ3n) is 3.05. The van der Waals surface area contributed by atoms with E-state index in [1.54, 1.807) is 0 Å². The molecule has 1 aromatic carbocycles. The van der Waals surface area contributed by atoms with Gasteiger partial charge >= 0.3 is 12.4 Å². The number of hydrogen-bond acceptors (Lipinski definition) is 4. The quantitative estimate of drug-likeness (QED) is 0.578. The smallest absolute Gasteiger partial charge is 0.369 e. The van der Waals surface area contributed by atoms with E-state index in [1.807, 2.05) is 0 Å². The molecule has 0 aliphatic heterocycles. The van der Waals surface area contributed by atoms with E-state index in [0.29, 0.717) is 12.1 Å². The molecule has 13 heteroatoms. The van der Waals surface area contributed by atoms with Crippen LogP contribution in [0.2, 0.25) is 0 Å².